The number of aryl methyl sites for hydroxylation is 1. The van der Waals surface area contributed by atoms with E-state index in [9.17, 15) is 13.2 Å². The lowest BCUT2D eigenvalue weighted by atomic mass is 10.2. The number of anilines is 1. The Balaban J connectivity index is 1.59. The van der Waals surface area contributed by atoms with Crippen LogP contribution in [0.2, 0.25) is 5.02 Å². The summed E-state index contributed by atoms with van der Waals surface area (Å²) in [6, 6.07) is 13.0. The minimum absolute atomic E-state index is 0.0670. The van der Waals surface area contributed by atoms with Crippen molar-refractivity contribution in [1.82, 2.24) is 14.9 Å². The van der Waals surface area contributed by atoms with Crippen LogP contribution >= 0.6 is 11.6 Å². The fraction of sp³-hybridized carbons (Fsp3) is 0.167. The summed E-state index contributed by atoms with van der Waals surface area (Å²) in [6.07, 6.45) is 0.353. The molecule has 0 atom stereocenters. The zero-order chi connectivity index (χ0) is 20.1. The first-order valence-electron chi connectivity index (χ1n) is 8.29. The largest absolute Gasteiger partial charge is 0.339 e. The van der Waals surface area contributed by atoms with Crippen LogP contribution in [0.25, 0.3) is 11.4 Å². The van der Waals surface area contributed by atoms with Gasteiger partial charge < -0.3 is 9.84 Å². The van der Waals surface area contributed by atoms with Gasteiger partial charge in [0.25, 0.3) is 0 Å². The van der Waals surface area contributed by atoms with Gasteiger partial charge in [-0.1, -0.05) is 22.8 Å². The molecule has 0 saturated heterocycles. The molecule has 1 heterocycles. The van der Waals surface area contributed by atoms with Gasteiger partial charge in [0.2, 0.25) is 27.6 Å². The van der Waals surface area contributed by atoms with Crippen LogP contribution in [0.5, 0.6) is 0 Å². The predicted octanol–water partition coefficient (Wildman–Crippen LogP) is 2.87. The zero-order valence-corrected chi connectivity index (χ0v) is 16.4. The Bertz CT molecular complexity index is 1080. The monoisotopic (exact) mass is 420 g/mol. The number of hydrogen-bond donors (Lipinski definition) is 2. The molecule has 3 aromatic rings. The summed E-state index contributed by atoms with van der Waals surface area (Å²) in [6.45, 7) is 0. The van der Waals surface area contributed by atoms with Crippen LogP contribution in [0.3, 0.4) is 0 Å². The average molecular weight is 421 g/mol. The lowest BCUT2D eigenvalue weighted by Crippen LogP contribution is -2.19. The summed E-state index contributed by atoms with van der Waals surface area (Å²) in [5.74, 6) is 0.439. The van der Waals surface area contributed by atoms with Gasteiger partial charge in [-0.05, 0) is 49.5 Å². The molecular formula is C18H17ClN4O4S. The normalized spacial score (nSPS) is 11.4. The van der Waals surface area contributed by atoms with Crippen molar-refractivity contribution in [3.8, 4) is 11.4 Å². The van der Waals surface area contributed by atoms with Crippen LogP contribution in [0.1, 0.15) is 12.3 Å². The Morgan fingerprint density at radius 1 is 1.18 bits per heavy atom. The van der Waals surface area contributed by atoms with E-state index in [1.54, 1.807) is 36.4 Å². The maximum Gasteiger partial charge on any atom is 0.240 e. The van der Waals surface area contributed by atoms with Crippen molar-refractivity contribution in [2.75, 3.05) is 12.4 Å². The Hall–Kier alpha value is -2.75. The number of halogens is 1. The van der Waals surface area contributed by atoms with E-state index in [1.165, 1.54) is 19.2 Å². The lowest BCUT2D eigenvalue weighted by Gasteiger charge is -2.07. The van der Waals surface area contributed by atoms with E-state index in [0.717, 1.165) is 5.56 Å². The van der Waals surface area contributed by atoms with Crippen molar-refractivity contribution < 1.29 is 17.7 Å². The van der Waals surface area contributed by atoms with Gasteiger partial charge in [-0.2, -0.15) is 4.98 Å². The second-order valence-corrected chi connectivity index (χ2v) is 8.13. The SMILES string of the molecule is CNS(=O)(=O)c1cccc(NC(=O)CCc2nc(-c3ccc(Cl)cc3)no2)c1. The minimum Gasteiger partial charge on any atom is -0.339 e. The molecule has 0 aliphatic rings. The molecule has 0 aliphatic carbocycles. The highest BCUT2D eigenvalue weighted by Crippen LogP contribution is 2.19. The van der Waals surface area contributed by atoms with Gasteiger partial charge in [-0.15, -0.1) is 0 Å². The van der Waals surface area contributed by atoms with Crippen molar-refractivity contribution in [2.45, 2.75) is 17.7 Å². The summed E-state index contributed by atoms with van der Waals surface area (Å²) >= 11 is 5.85. The second-order valence-electron chi connectivity index (χ2n) is 5.80. The highest BCUT2D eigenvalue weighted by molar-refractivity contribution is 7.89. The molecule has 8 nitrogen and oxygen atoms in total. The molecule has 28 heavy (non-hydrogen) atoms. The second kappa shape index (κ2) is 8.51. The van der Waals surface area contributed by atoms with E-state index < -0.39 is 10.0 Å². The quantitative estimate of drug-likeness (QED) is 0.607. The Morgan fingerprint density at radius 2 is 1.93 bits per heavy atom. The molecule has 146 valence electrons. The number of sulfonamides is 1. The Labute approximate surface area is 167 Å². The van der Waals surface area contributed by atoms with Gasteiger partial charge in [-0.25, -0.2) is 13.1 Å². The molecule has 0 fully saturated rings. The molecule has 0 bridgehead atoms. The molecule has 0 unspecified atom stereocenters. The van der Waals surface area contributed by atoms with E-state index in [2.05, 4.69) is 20.2 Å². The highest BCUT2D eigenvalue weighted by Gasteiger charge is 2.14. The van der Waals surface area contributed by atoms with Crippen molar-refractivity contribution in [3.63, 3.8) is 0 Å². The Morgan fingerprint density at radius 3 is 2.64 bits per heavy atom. The first-order valence-corrected chi connectivity index (χ1v) is 10.2. The van der Waals surface area contributed by atoms with Crippen molar-refractivity contribution in [2.24, 2.45) is 0 Å². The van der Waals surface area contributed by atoms with Gasteiger partial charge in [0.15, 0.2) is 0 Å². The number of carbonyl (C=O) groups excluding carboxylic acids is 1. The molecule has 3 rings (SSSR count). The van der Waals surface area contributed by atoms with Gasteiger partial charge in [0.1, 0.15) is 0 Å². The average Bonchev–Trinajstić information content (AvgIpc) is 3.16. The maximum atomic E-state index is 12.1. The number of amides is 1. The molecule has 2 aromatic carbocycles. The van der Waals surface area contributed by atoms with Crippen LogP contribution in [0, 0.1) is 0 Å². The maximum absolute atomic E-state index is 12.1. The van der Waals surface area contributed by atoms with Crippen LogP contribution in [0.15, 0.2) is 57.9 Å². The summed E-state index contributed by atoms with van der Waals surface area (Å²) < 4.78 is 31.1. The van der Waals surface area contributed by atoms with Crippen LogP contribution in [0.4, 0.5) is 5.69 Å². The van der Waals surface area contributed by atoms with Crippen molar-refractivity contribution in [1.29, 1.82) is 0 Å². The van der Waals surface area contributed by atoms with Crippen LogP contribution < -0.4 is 10.0 Å². The highest BCUT2D eigenvalue weighted by atomic mass is 35.5. The third kappa shape index (κ3) is 4.94. The smallest absolute Gasteiger partial charge is 0.240 e. The fourth-order valence-electron chi connectivity index (χ4n) is 2.38. The summed E-state index contributed by atoms with van der Waals surface area (Å²) in [5, 5.41) is 7.16. The number of benzene rings is 2. The number of nitrogens with one attached hydrogen (secondary N) is 2. The molecule has 0 saturated carbocycles. The van der Waals surface area contributed by atoms with Crippen LogP contribution in [-0.4, -0.2) is 31.5 Å². The van der Waals surface area contributed by atoms with Gasteiger partial charge in [0, 0.05) is 29.1 Å². The third-order valence-electron chi connectivity index (χ3n) is 3.83. The van der Waals surface area contributed by atoms with Gasteiger partial charge in [-0.3, -0.25) is 4.79 Å². The molecule has 2 N–H and O–H groups in total. The number of nitrogens with zero attached hydrogens (tertiary/aromatic N) is 2. The molecule has 0 spiro atoms. The van der Waals surface area contributed by atoms with E-state index in [1.807, 2.05) is 0 Å². The van der Waals surface area contributed by atoms with E-state index in [-0.39, 0.29) is 23.6 Å². The van der Waals surface area contributed by atoms with E-state index >= 15 is 0 Å². The first kappa shape index (κ1) is 20.0. The molecule has 0 radical (unpaired) electrons. The molecule has 10 heteroatoms. The van der Waals surface area contributed by atoms with E-state index in [0.29, 0.717) is 22.4 Å². The standard InChI is InChI=1S/C18H17ClN4O4S/c1-20-28(25,26)15-4-2-3-14(11-15)21-16(24)9-10-17-22-18(23-27-17)12-5-7-13(19)8-6-12/h2-8,11,20H,9-10H2,1H3,(H,21,24). The zero-order valence-electron chi connectivity index (χ0n) is 14.8. The van der Waals surface area contributed by atoms with Gasteiger partial charge in [0.05, 0.1) is 4.90 Å². The molecule has 1 amide bonds. The number of carbonyl (C=O) groups is 1. The summed E-state index contributed by atoms with van der Waals surface area (Å²) in [4.78, 5) is 16.5. The van der Waals surface area contributed by atoms with Crippen LogP contribution in [-0.2, 0) is 21.2 Å². The summed E-state index contributed by atoms with van der Waals surface area (Å²) in [7, 11) is -2.26. The topological polar surface area (TPSA) is 114 Å². The predicted molar refractivity (Wildman–Crippen MR) is 104 cm³/mol. The molecular weight excluding hydrogens is 404 g/mol. The number of hydrogen-bond acceptors (Lipinski definition) is 6. The van der Waals surface area contributed by atoms with Crippen molar-refractivity contribution >= 4 is 33.2 Å². The minimum atomic E-state index is -3.58. The lowest BCUT2D eigenvalue weighted by molar-refractivity contribution is -0.116. The molecule has 1 aromatic heterocycles. The third-order valence-corrected chi connectivity index (χ3v) is 5.50. The fourth-order valence-corrected chi connectivity index (χ4v) is 3.28. The molecule has 0 aliphatic heterocycles. The number of aromatic nitrogens is 2. The van der Waals surface area contributed by atoms with Crippen molar-refractivity contribution in [3.05, 3.63) is 59.4 Å². The van der Waals surface area contributed by atoms with Gasteiger partial charge >= 0.3 is 0 Å². The number of rotatable bonds is 7. The Kier molecular flexibility index (Phi) is 6.08. The first-order chi connectivity index (χ1) is 13.4. The summed E-state index contributed by atoms with van der Waals surface area (Å²) in [5.41, 5.74) is 1.14. The van der Waals surface area contributed by atoms with E-state index in [4.69, 9.17) is 16.1 Å².